The van der Waals surface area contributed by atoms with Crippen LogP contribution in [-0.4, -0.2) is 61.7 Å². The lowest BCUT2D eigenvalue weighted by Crippen LogP contribution is -2.46. The Bertz CT molecular complexity index is 1100. The molecule has 1 aromatic heterocycles. The van der Waals surface area contributed by atoms with Gasteiger partial charge >= 0.3 is 0 Å². The van der Waals surface area contributed by atoms with E-state index in [2.05, 4.69) is 39.3 Å². The zero-order valence-electron chi connectivity index (χ0n) is 18.5. The summed E-state index contributed by atoms with van der Waals surface area (Å²) in [7, 11) is 2.15. The van der Waals surface area contributed by atoms with Crippen LogP contribution in [0.15, 0.2) is 52.9 Å². The average molecular weight is 433 g/mol. The molecule has 0 spiro atoms. The zero-order valence-corrected chi connectivity index (χ0v) is 18.5. The van der Waals surface area contributed by atoms with Gasteiger partial charge in [-0.15, -0.1) is 0 Å². The molecule has 32 heavy (non-hydrogen) atoms. The Morgan fingerprint density at radius 1 is 1.06 bits per heavy atom. The molecule has 2 aliphatic rings. The van der Waals surface area contributed by atoms with E-state index in [1.54, 1.807) is 6.92 Å². The van der Waals surface area contributed by atoms with E-state index in [-0.39, 0.29) is 11.9 Å². The predicted molar refractivity (Wildman–Crippen MR) is 123 cm³/mol. The number of amides is 1. The number of oxazole rings is 1. The molecule has 0 bridgehead atoms. The minimum atomic E-state index is -0.234. The van der Waals surface area contributed by atoms with Crippen LogP contribution in [0.3, 0.4) is 0 Å². The summed E-state index contributed by atoms with van der Waals surface area (Å²) in [5.74, 6) is 1.64. The first-order valence-corrected chi connectivity index (χ1v) is 11.1. The molecule has 7 heteroatoms. The maximum absolute atomic E-state index is 13.0. The third kappa shape index (κ3) is 4.08. The number of benzene rings is 2. The highest BCUT2D eigenvalue weighted by Crippen LogP contribution is 2.34. The maximum Gasteiger partial charge on any atom is 0.273 e. The Morgan fingerprint density at radius 2 is 1.84 bits per heavy atom. The molecule has 7 nitrogen and oxygen atoms in total. The molecule has 0 radical (unpaired) electrons. The molecule has 2 aromatic carbocycles. The first-order chi connectivity index (χ1) is 15.6. The van der Waals surface area contributed by atoms with E-state index in [9.17, 15) is 4.79 Å². The molecule has 3 heterocycles. The first-order valence-electron chi connectivity index (χ1n) is 11.1. The van der Waals surface area contributed by atoms with Gasteiger partial charge in [-0.25, -0.2) is 4.98 Å². The summed E-state index contributed by atoms with van der Waals surface area (Å²) in [6.45, 7) is 6.27. The van der Waals surface area contributed by atoms with E-state index >= 15 is 0 Å². The second-order valence-electron chi connectivity index (χ2n) is 8.52. The number of ether oxygens (including phenoxy) is 1. The van der Waals surface area contributed by atoms with Gasteiger partial charge in [0.25, 0.3) is 5.91 Å². The number of fused-ring (bicyclic) bond motifs is 1. The largest absolute Gasteiger partial charge is 0.491 e. The molecular weight excluding hydrogens is 404 g/mol. The molecule has 1 N–H and O–H groups in total. The lowest BCUT2D eigenvalue weighted by atomic mass is 9.99. The van der Waals surface area contributed by atoms with Crippen LogP contribution < -0.4 is 15.0 Å². The number of nitrogens with one attached hydrogen (secondary N) is 1. The fourth-order valence-corrected chi connectivity index (χ4v) is 4.39. The second-order valence-corrected chi connectivity index (χ2v) is 8.52. The number of hydrogen-bond acceptors (Lipinski definition) is 6. The summed E-state index contributed by atoms with van der Waals surface area (Å²) >= 11 is 0. The highest BCUT2D eigenvalue weighted by molar-refractivity contribution is 5.94. The van der Waals surface area contributed by atoms with Gasteiger partial charge in [0.05, 0.1) is 6.04 Å². The lowest BCUT2D eigenvalue weighted by Gasteiger charge is -2.37. The van der Waals surface area contributed by atoms with Crippen molar-refractivity contribution in [3.8, 4) is 17.2 Å². The highest BCUT2D eigenvalue weighted by atomic mass is 16.5. The molecule has 1 saturated heterocycles. The highest BCUT2D eigenvalue weighted by Gasteiger charge is 2.28. The van der Waals surface area contributed by atoms with Crippen LogP contribution in [0, 0.1) is 6.92 Å². The summed E-state index contributed by atoms with van der Waals surface area (Å²) in [6.07, 6.45) is 0.728. The summed E-state index contributed by atoms with van der Waals surface area (Å²) in [5, 5.41) is 3.11. The quantitative estimate of drug-likeness (QED) is 0.683. The van der Waals surface area contributed by atoms with Crippen molar-refractivity contribution in [3.63, 3.8) is 0 Å². The topological polar surface area (TPSA) is 70.8 Å². The summed E-state index contributed by atoms with van der Waals surface area (Å²) in [6, 6.07) is 15.7. The Morgan fingerprint density at radius 3 is 2.62 bits per heavy atom. The molecule has 0 unspecified atom stereocenters. The van der Waals surface area contributed by atoms with Gasteiger partial charge < -0.3 is 24.3 Å². The van der Waals surface area contributed by atoms with Crippen LogP contribution in [0.5, 0.6) is 5.75 Å². The van der Waals surface area contributed by atoms with Crippen molar-refractivity contribution in [1.29, 1.82) is 0 Å². The number of hydrogen-bond donors (Lipinski definition) is 1. The molecule has 0 aliphatic carbocycles. The van der Waals surface area contributed by atoms with Gasteiger partial charge in [0.2, 0.25) is 5.89 Å². The standard InChI is InChI=1S/C25H28N4O3/c1-17-23(27-25(32-17)18-7-4-3-5-8-18)24(30)26-19-15-20-21(9-6-10-22(20)31-16-19)29-13-11-28(2)12-14-29/h3-10,19H,11-16H2,1-2H3,(H,26,30)/t19-/m0/s1. The Labute approximate surface area is 188 Å². The number of anilines is 1. The Kier molecular flexibility index (Phi) is 5.57. The molecule has 3 aromatic rings. The molecule has 0 saturated carbocycles. The number of carbonyl (C=O) groups is 1. The SMILES string of the molecule is Cc1oc(-c2ccccc2)nc1C(=O)N[C@@H]1COc2cccc(N3CCN(C)CC3)c2C1. The maximum atomic E-state index is 13.0. The zero-order chi connectivity index (χ0) is 22.1. The number of aromatic nitrogens is 1. The molecule has 1 atom stereocenters. The van der Waals surface area contributed by atoms with Crippen molar-refractivity contribution in [2.45, 2.75) is 19.4 Å². The molecule has 1 amide bonds. The monoisotopic (exact) mass is 432 g/mol. The van der Waals surface area contributed by atoms with Crippen LogP contribution >= 0.6 is 0 Å². The van der Waals surface area contributed by atoms with Crippen molar-refractivity contribution < 1.29 is 13.9 Å². The fourth-order valence-electron chi connectivity index (χ4n) is 4.39. The van der Waals surface area contributed by atoms with Gasteiger partial charge in [-0.05, 0) is 38.2 Å². The summed E-state index contributed by atoms with van der Waals surface area (Å²) in [4.78, 5) is 22.2. The van der Waals surface area contributed by atoms with E-state index in [1.165, 1.54) is 5.69 Å². The number of aryl methyl sites for hydroxylation is 1. The van der Waals surface area contributed by atoms with Gasteiger partial charge in [-0.1, -0.05) is 24.3 Å². The van der Waals surface area contributed by atoms with Gasteiger partial charge in [0, 0.05) is 49.4 Å². The summed E-state index contributed by atoms with van der Waals surface area (Å²) < 4.78 is 11.8. The molecular formula is C25H28N4O3. The van der Waals surface area contributed by atoms with E-state index in [0.29, 0.717) is 24.0 Å². The third-order valence-corrected chi connectivity index (χ3v) is 6.21. The van der Waals surface area contributed by atoms with Crippen LogP contribution in [-0.2, 0) is 6.42 Å². The molecule has 1 fully saturated rings. The number of carbonyl (C=O) groups excluding carboxylic acids is 1. The normalized spacial score (nSPS) is 18.7. The van der Waals surface area contributed by atoms with Crippen LogP contribution in [0.1, 0.15) is 21.8 Å². The van der Waals surface area contributed by atoms with Gasteiger partial charge in [-0.2, -0.15) is 0 Å². The molecule has 2 aliphatic heterocycles. The molecule has 5 rings (SSSR count). The predicted octanol–water partition coefficient (Wildman–Crippen LogP) is 3.14. The number of likely N-dealkylation sites (N-methyl/N-ethyl adjacent to an activating group) is 1. The molecule has 166 valence electrons. The van der Waals surface area contributed by atoms with E-state index in [4.69, 9.17) is 9.15 Å². The van der Waals surface area contributed by atoms with Crippen LogP contribution in [0.25, 0.3) is 11.5 Å². The summed E-state index contributed by atoms with van der Waals surface area (Å²) in [5.41, 5.74) is 3.54. The Balaban J connectivity index is 1.31. The second kappa shape index (κ2) is 8.67. The minimum absolute atomic E-state index is 0.125. The minimum Gasteiger partial charge on any atom is -0.491 e. The van der Waals surface area contributed by atoms with Gasteiger partial charge in [-0.3, -0.25) is 4.79 Å². The van der Waals surface area contributed by atoms with E-state index in [0.717, 1.165) is 49.5 Å². The smallest absolute Gasteiger partial charge is 0.273 e. The number of nitrogens with zero attached hydrogens (tertiary/aromatic N) is 3. The fraction of sp³-hybridized carbons (Fsp3) is 0.360. The van der Waals surface area contributed by atoms with Crippen LogP contribution in [0.4, 0.5) is 5.69 Å². The van der Waals surface area contributed by atoms with E-state index in [1.807, 2.05) is 36.4 Å². The third-order valence-electron chi connectivity index (χ3n) is 6.21. The van der Waals surface area contributed by atoms with Crippen molar-refractivity contribution in [2.75, 3.05) is 44.7 Å². The number of piperazine rings is 1. The van der Waals surface area contributed by atoms with Crippen molar-refractivity contribution in [1.82, 2.24) is 15.2 Å². The van der Waals surface area contributed by atoms with Gasteiger partial charge in [0.1, 0.15) is 18.1 Å². The van der Waals surface area contributed by atoms with Crippen LogP contribution in [0.2, 0.25) is 0 Å². The van der Waals surface area contributed by atoms with E-state index < -0.39 is 0 Å². The van der Waals surface area contributed by atoms with Crippen molar-refractivity contribution >= 4 is 11.6 Å². The van der Waals surface area contributed by atoms with Crippen molar-refractivity contribution in [3.05, 3.63) is 65.5 Å². The average Bonchev–Trinajstić information content (AvgIpc) is 3.22. The lowest BCUT2D eigenvalue weighted by molar-refractivity contribution is 0.0909. The van der Waals surface area contributed by atoms with Crippen molar-refractivity contribution in [2.24, 2.45) is 0 Å². The Hall–Kier alpha value is -3.32. The first kappa shape index (κ1) is 20.6. The number of rotatable bonds is 4. The van der Waals surface area contributed by atoms with Gasteiger partial charge in [0.15, 0.2) is 5.69 Å².